The summed E-state index contributed by atoms with van der Waals surface area (Å²) in [7, 11) is 0. The summed E-state index contributed by atoms with van der Waals surface area (Å²) in [6.07, 6.45) is -6.43. The van der Waals surface area contributed by atoms with Crippen molar-refractivity contribution in [2.45, 2.75) is 19.1 Å². The zero-order chi connectivity index (χ0) is 20.6. The van der Waals surface area contributed by atoms with Gasteiger partial charge in [0.2, 0.25) is 5.82 Å². The predicted molar refractivity (Wildman–Crippen MR) is 84.2 cm³/mol. The van der Waals surface area contributed by atoms with Crippen molar-refractivity contribution in [2.24, 2.45) is 0 Å². The minimum Gasteiger partial charge on any atom is -0.465 e. The zero-order valence-electron chi connectivity index (χ0n) is 14.0. The fourth-order valence-corrected chi connectivity index (χ4v) is 2.70. The molecular formula is C16H10F3N5O4. The fourth-order valence-electron chi connectivity index (χ4n) is 2.70. The SMILES string of the molecule is CC1=C(C#N)C(c2cccc(-c3noc(C(F)(F)F)n3)c2)N(C(=O)O)C(=O)N1. The first-order valence-corrected chi connectivity index (χ1v) is 7.58. The van der Waals surface area contributed by atoms with Crippen LogP contribution in [0.2, 0.25) is 0 Å². The number of carbonyl (C=O) groups is 2. The Morgan fingerprint density at radius 2 is 2.14 bits per heavy atom. The third kappa shape index (κ3) is 3.25. The molecule has 1 unspecified atom stereocenters. The molecule has 1 aromatic heterocycles. The number of nitrogens with zero attached hydrogens (tertiary/aromatic N) is 4. The largest absolute Gasteiger partial charge is 0.471 e. The van der Waals surface area contributed by atoms with Gasteiger partial charge in [-0.3, -0.25) is 0 Å². The number of rotatable bonds is 2. The Morgan fingerprint density at radius 1 is 1.43 bits per heavy atom. The highest BCUT2D eigenvalue weighted by atomic mass is 19.4. The van der Waals surface area contributed by atoms with Gasteiger partial charge in [0.1, 0.15) is 6.04 Å². The number of nitrogens with one attached hydrogen (secondary N) is 1. The van der Waals surface area contributed by atoms with E-state index in [4.69, 9.17) is 0 Å². The number of carbonyl (C=O) groups excluding carboxylic acids is 1. The fraction of sp³-hybridized carbons (Fsp3) is 0.188. The lowest BCUT2D eigenvalue weighted by Gasteiger charge is -2.33. The van der Waals surface area contributed by atoms with Gasteiger partial charge in [-0.15, -0.1) is 0 Å². The second-order valence-electron chi connectivity index (χ2n) is 5.68. The van der Waals surface area contributed by atoms with E-state index in [0.717, 1.165) is 0 Å². The molecule has 9 nitrogen and oxygen atoms in total. The molecule has 3 amide bonds. The van der Waals surface area contributed by atoms with Gasteiger partial charge < -0.3 is 14.9 Å². The van der Waals surface area contributed by atoms with Gasteiger partial charge in [-0.1, -0.05) is 23.4 Å². The van der Waals surface area contributed by atoms with Gasteiger partial charge in [-0.25, -0.2) is 14.5 Å². The first kappa shape index (κ1) is 18.9. The molecule has 1 atom stereocenters. The van der Waals surface area contributed by atoms with Crippen molar-refractivity contribution in [1.29, 1.82) is 5.26 Å². The maximum absolute atomic E-state index is 12.7. The third-order valence-corrected chi connectivity index (χ3v) is 3.90. The molecule has 0 saturated carbocycles. The lowest BCUT2D eigenvalue weighted by molar-refractivity contribution is -0.159. The normalized spacial score (nSPS) is 17.3. The van der Waals surface area contributed by atoms with E-state index in [-0.39, 0.29) is 28.2 Å². The first-order valence-electron chi connectivity index (χ1n) is 7.58. The predicted octanol–water partition coefficient (Wildman–Crippen LogP) is 3.30. The Bertz CT molecular complexity index is 1040. The van der Waals surface area contributed by atoms with E-state index in [9.17, 15) is 33.1 Å². The molecule has 0 radical (unpaired) electrons. The smallest absolute Gasteiger partial charge is 0.465 e. The lowest BCUT2D eigenvalue weighted by atomic mass is 9.94. The number of halogens is 3. The van der Waals surface area contributed by atoms with Crippen LogP contribution in [0.3, 0.4) is 0 Å². The van der Waals surface area contributed by atoms with Crippen LogP contribution in [0.15, 0.2) is 40.1 Å². The molecule has 0 saturated heterocycles. The molecule has 1 aliphatic rings. The van der Waals surface area contributed by atoms with E-state index in [0.29, 0.717) is 4.90 Å². The molecule has 3 rings (SSSR count). The van der Waals surface area contributed by atoms with Gasteiger partial charge in [-0.2, -0.15) is 23.4 Å². The number of carboxylic acid groups (broad SMARTS) is 1. The summed E-state index contributed by atoms with van der Waals surface area (Å²) in [5, 5.41) is 24.3. The number of amides is 3. The molecule has 2 heterocycles. The summed E-state index contributed by atoms with van der Waals surface area (Å²) in [4.78, 5) is 27.3. The molecule has 2 N–H and O–H groups in total. The quantitative estimate of drug-likeness (QED) is 0.800. The summed E-state index contributed by atoms with van der Waals surface area (Å²) in [6, 6.07) is 5.11. The van der Waals surface area contributed by atoms with E-state index in [2.05, 4.69) is 20.0 Å². The van der Waals surface area contributed by atoms with E-state index in [1.807, 2.05) is 6.07 Å². The second kappa shape index (κ2) is 6.69. The highest BCUT2D eigenvalue weighted by molar-refractivity contribution is 5.93. The third-order valence-electron chi connectivity index (χ3n) is 3.90. The van der Waals surface area contributed by atoms with Crippen molar-refractivity contribution >= 4 is 12.1 Å². The number of benzene rings is 1. The molecule has 2 aromatic rings. The van der Waals surface area contributed by atoms with Crippen molar-refractivity contribution in [3.05, 3.63) is 47.0 Å². The minimum atomic E-state index is -4.82. The Labute approximate surface area is 154 Å². The minimum absolute atomic E-state index is 0.0387. The van der Waals surface area contributed by atoms with Crippen LogP contribution in [0, 0.1) is 11.3 Å². The highest BCUT2D eigenvalue weighted by Crippen LogP contribution is 2.35. The number of aromatic nitrogens is 2. The van der Waals surface area contributed by atoms with Crippen LogP contribution in [0.4, 0.5) is 22.8 Å². The number of imide groups is 1. The first-order chi connectivity index (χ1) is 13.1. The number of allylic oxidation sites excluding steroid dienone is 1. The molecule has 0 bridgehead atoms. The number of nitriles is 1. The van der Waals surface area contributed by atoms with Crippen LogP contribution in [-0.2, 0) is 6.18 Å². The summed E-state index contributed by atoms with van der Waals surface area (Å²) < 4.78 is 42.2. The van der Waals surface area contributed by atoms with Gasteiger partial charge in [0.25, 0.3) is 0 Å². The molecule has 0 fully saturated rings. The standard InChI is InChI=1S/C16H10F3N5O4/c1-7-10(6-20)11(24(15(26)27)14(25)21-7)8-3-2-4-9(5-8)12-22-13(28-23-12)16(17,18)19/h2-5,11H,1H3,(H,21,25)(H,26,27). The second-order valence-corrected chi connectivity index (χ2v) is 5.68. The molecular weight excluding hydrogens is 383 g/mol. The average Bonchev–Trinajstić information content (AvgIpc) is 3.11. The maximum Gasteiger partial charge on any atom is 0.471 e. The Balaban J connectivity index is 2.10. The monoisotopic (exact) mass is 393 g/mol. The van der Waals surface area contributed by atoms with Crippen LogP contribution >= 0.6 is 0 Å². The van der Waals surface area contributed by atoms with Crippen LogP contribution in [0.5, 0.6) is 0 Å². The molecule has 12 heteroatoms. The molecule has 28 heavy (non-hydrogen) atoms. The van der Waals surface area contributed by atoms with E-state index >= 15 is 0 Å². The molecule has 144 valence electrons. The Kier molecular flexibility index (Phi) is 4.52. The van der Waals surface area contributed by atoms with Crippen molar-refractivity contribution in [3.8, 4) is 17.5 Å². The summed E-state index contributed by atoms with van der Waals surface area (Å²) in [6.45, 7) is 1.43. The van der Waals surface area contributed by atoms with Crippen LogP contribution in [0.1, 0.15) is 24.4 Å². The highest BCUT2D eigenvalue weighted by Gasteiger charge is 2.40. The maximum atomic E-state index is 12.7. The van der Waals surface area contributed by atoms with Crippen molar-refractivity contribution in [3.63, 3.8) is 0 Å². The number of hydrogen-bond donors (Lipinski definition) is 2. The van der Waals surface area contributed by atoms with E-state index in [1.165, 1.54) is 31.2 Å². The summed E-state index contributed by atoms with van der Waals surface area (Å²) in [5.74, 6) is -1.92. The van der Waals surface area contributed by atoms with Gasteiger partial charge in [0, 0.05) is 11.3 Å². The molecule has 0 spiro atoms. The Morgan fingerprint density at radius 3 is 2.71 bits per heavy atom. The Hall–Kier alpha value is -3.88. The van der Waals surface area contributed by atoms with Crippen LogP contribution in [-0.4, -0.2) is 32.3 Å². The number of hydrogen-bond acceptors (Lipinski definition) is 6. The van der Waals surface area contributed by atoms with Crippen LogP contribution < -0.4 is 5.32 Å². The average molecular weight is 393 g/mol. The van der Waals surface area contributed by atoms with Gasteiger partial charge >= 0.3 is 24.2 Å². The van der Waals surface area contributed by atoms with Crippen molar-refractivity contribution in [1.82, 2.24) is 20.4 Å². The summed E-state index contributed by atoms with van der Waals surface area (Å²) in [5.41, 5.74) is 0.384. The van der Waals surface area contributed by atoms with Crippen molar-refractivity contribution in [2.75, 3.05) is 0 Å². The lowest BCUT2D eigenvalue weighted by Crippen LogP contribution is -2.49. The van der Waals surface area contributed by atoms with Gasteiger partial charge in [0.05, 0.1) is 11.6 Å². The zero-order valence-corrected chi connectivity index (χ0v) is 14.0. The molecule has 0 aliphatic carbocycles. The van der Waals surface area contributed by atoms with E-state index in [1.54, 1.807) is 0 Å². The topological polar surface area (TPSA) is 132 Å². The van der Waals surface area contributed by atoms with Crippen LogP contribution in [0.25, 0.3) is 11.4 Å². The van der Waals surface area contributed by atoms with E-state index < -0.39 is 30.2 Å². The molecule has 1 aliphatic heterocycles. The van der Waals surface area contributed by atoms with Gasteiger partial charge in [-0.05, 0) is 18.6 Å². The summed E-state index contributed by atoms with van der Waals surface area (Å²) >= 11 is 0. The number of urea groups is 1. The van der Waals surface area contributed by atoms with Crippen molar-refractivity contribution < 1.29 is 32.4 Å². The molecule has 1 aromatic carbocycles. The number of alkyl halides is 3. The van der Waals surface area contributed by atoms with Gasteiger partial charge in [0.15, 0.2) is 0 Å².